The number of aliphatic imine (C=N–C) groups is 1. The van der Waals surface area contributed by atoms with Gasteiger partial charge in [-0.3, -0.25) is 14.7 Å². The van der Waals surface area contributed by atoms with Gasteiger partial charge in [0.15, 0.2) is 5.96 Å². The molecule has 2 aromatic rings. The number of guanidine groups is 1. The lowest BCUT2D eigenvalue weighted by atomic mass is 10.2. The second kappa shape index (κ2) is 13.6. The molecule has 0 spiro atoms. The summed E-state index contributed by atoms with van der Waals surface area (Å²) < 4.78 is 0. The smallest absolute Gasteiger partial charge is 0.251 e. The van der Waals surface area contributed by atoms with Gasteiger partial charge >= 0.3 is 0 Å². The Morgan fingerprint density at radius 2 is 1.80 bits per heavy atom. The predicted octanol–water partition coefficient (Wildman–Crippen LogP) is 3.49. The molecular formula is C22H32IN5OS. The van der Waals surface area contributed by atoms with Crippen LogP contribution in [0.15, 0.2) is 52.8 Å². The van der Waals surface area contributed by atoms with E-state index in [4.69, 9.17) is 0 Å². The maximum absolute atomic E-state index is 12.0. The highest BCUT2D eigenvalue weighted by Crippen LogP contribution is 2.27. The van der Waals surface area contributed by atoms with Crippen LogP contribution in [0.25, 0.3) is 0 Å². The summed E-state index contributed by atoms with van der Waals surface area (Å²) in [6, 6.07) is 14.0. The third-order valence-corrected chi connectivity index (χ3v) is 6.08. The maximum atomic E-state index is 12.0. The van der Waals surface area contributed by atoms with Gasteiger partial charge in [-0.1, -0.05) is 24.3 Å². The number of hydrogen-bond acceptors (Lipinski definition) is 4. The number of benzene rings is 1. The number of likely N-dealkylation sites (tertiary alicyclic amines) is 1. The molecule has 8 heteroatoms. The molecule has 1 saturated heterocycles. The van der Waals surface area contributed by atoms with Gasteiger partial charge < -0.3 is 16.0 Å². The van der Waals surface area contributed by atoms with E-state index in [-0.39, 0.29) is 29.9 Å². The Balaban J connectivity index is 0.00000320. The van der Waals surface area contributed by atoms with Crippen molar-refractivity contribution in [2.45, 2.75) is 25.3 Å². The predicted molar refractivity (Wildman–Crippen MR) is 136 cm³/mol. The van der Waals surface area contributed by atoms with Crippen LogP contribution in [0, 0.1) is 0 Å². The van der Waals surface area contributed by atoms with Crippen molar-refractivity contribution in [3.05, 3.63) is 58.3 Å². The molecule has 3 N–H and O–H groups in total. The Morgan fingerprint density at radius 3 is 2.47 bits per heavy atom. The Morgan fingerprint density at radius 1 is 1.07 bits per heavy atom. The van der Waals surface area contributed by atoms with E-state index in [0.717, 1.165) is 38.6 Å². The Hall–Kier alpha value is -1.65. The molecular weight excluding hydrogens is 509 g/mol. The zero-order valence-corrected chi connectivity index (χ0v) is 20.6. The van der Waals surface area contributed by atoms with E-state index in [1.807, 2.05) is 41.7 Å². The van der Waals surface area contributed by atoms with Crippen molar-refractivity contribution in [3.63, 3.8) is 0 Å². The molecule has 1 aliphatic rings. The van der Waals surface area contributed by atoms with E-state index >= 15 is 0 Å². The highest BCUT2D eigenvalue weighted by molar-refractivity contribution is 14.0. The fourth-order valence-electron chi connectivity index (χ4n) is 3.55. The zero-order valence-electron chi connectivity index (χ0n) is 17.5. The molecule has 0 saturated carbocycles. The molecule has 1 atom stereocenters. The minimum atomic E-state index is -0.0301. The van der Waals surface area contributed by atoms with E-state index in [1.165, 1.54) is 17.7 Å². The minimum Gasteiger partial charge on any atom is -0.356 e. The van der Waals surface area contributed by atoms with E-state index in [0.29, 0.717) is 18.2 Å². The molecule has 0 aliphatic carbocycles. The molecule has 1 amide bonds. The number of carbonyl (C=O) groups excluding carboxylic acids is 1. The van der Waals surface area contributed by atoms with Crippen LogP contribution >= 0.6 is 35.3 Å². The third kappa shape index (κ3) is 7.55. The Bertz CT molecular complexity index is 763. The number of amides is 1. The van der Waals surface area contributed by atoms with Crippen molar-refractivity contribution < 1.29 is 4.79 Å². The summed E-state index contributed by atoms with van der Waals surface area (Å²) in [6.07, 6.45) is 3.40. The summed E-state index contributed by atoms with van der Waals surface area (Å²) in [5.74, 6) is 0.776. The lowest BCUT2D eigenvalue weighted by Crippen LogP contribution is -2.43. The van der Waals surface area contributed by atoms with Gasteiger partial charge in [0.25, 0.3) is 5.91 Å². The monoisotopic (exact) mass is 541 g/mol. The van der Waals surface area contributed by atoms with Gasteiger partial charge in [0.1, 0.15) is 0 Å². The van der Waals surface area contributed by atoms with Gasteiger partial charge in [0.05, 0.1) is 6.04 Å². The minimum absolute atomic E-state index is 0. The summed E-state index contributed by atoms with van der Waals surface area (Å²) in [5, 5.41) is 11.9. The second-order valence-electron chi connectivity index (χ2n) is 7.13. The zero-order chi connectivity index (χ0) is 20.3. The number of thiophene rings is 1. The maximum Gasteiger partial charge on any atom is 0.251 e. The van der Waals surface area contributed by atoms with Crippen LogP contribution in [0.3, 0.4) is 0 Å². The third-order valence-electron chi connectivity index (χ3n) is 5.11. The fraction of sp³-hybridized carbons (Fsp3) is 0.455. The van der Waals surface area contributed by atoms with Crippen LogP contribution in [0.2, 0.25) is 0 Å². The van der Waals surface area contributed by atoms with Crippen molar-refractivity contribution in [1.29, 1.82) is 0 Å². The number of nitrogens with zero attached hydrogens (tertiary/aromatic N) is 2. The average Bonchev–Trinajstić information content (AvgIpc) is 3.47. The molecule has 1 aromatic carbocycles. The van der Waals surface area contributed by atoms with Crippen molar-refractivity contribution in [2.75, 3.05) is 39.8 Å². The summed E-state index contributed by atoms with van der Waals surface area (Å²) in [4.78, 5) is 20.3. The summed E-state index contributed by atoms with van der Waals surface area (Å²) in [5.41, 5.74) is 0.694. The quantitative estimate of drug-likeness (QED) is 0.197. The number of nitrogens with one attached hydrogen (secondary N) is 3. The van der Waals surface area contributed by atoms with Crippen LogP contribution in [0.5, 0.6) is 0 Å². The number of rotatable bonds is 9. The van der Waals surface area contributed by atoms with Gasteiger partial charge in [0.2, 0.25) is 0 Å². The summed E-state index contributed by atoms with van der Waals surface area (Å²) >= 11 is 1.82. The molecule has 6 nitrogen and oxygen atoms in total. The largest absolute Gasteiger partial charge is 0.356 e. The van der Waals surface area contributed by atoms with Gasteiger partial charge in [-0.2, -0.15) is 0 Å². The molecule has 1 aliphatic heterocycles. The van der Waals surface area contributed by atoms with Crippen molar-refractivity contribution in [3.8, 4) is 0 Å². The first kappa shape index (κ1) is 24.6. The lowest BCUT2D eigenvalue weighted by molar-refractivity contribution is 0.0953. The molecule has 1 fully saturated rings. The van der Waals surface area contributed by atoms with E-state index in [9.17, 15) is 4.79 Å². The van der Waals surface area contributed by atoms with Gasteiger partial charge in [-0.05, 0) is 55.9 Å². The molecule has 1 aromatic heterocycles. The first-order valence-corrected chi connectivity index (χ1v) is 11.2. The van der Waals surface area contributed by atoms with Gasteiger partial charge in [-0.25, -0.2) is 0 Å². The number of hydrogen-bond donors (Lipinski definition) is 3. The Labute approximate surface area is 200 Å². The van der Waals surface area contributed by atoms with Crippen LogP contribution < -0.4 is 16.0 Å². The number of carbonyl (C=O) groups is 1. The molecule has 3 rings (SSSR count). The first-order chi connectivity index (χ1) is 14.3. The van der Waals surface area contributed by atoms with E-state index in [2.05, 4.69) is 43.4 Å². The lowest BCUT2D eigenvalue weighted by Gasteiger charge is -2.27. The van der Waals surface area contributed by atoms with Crippen molar-refractivity contribution in [1.82, 2.24) is 20.9 Å². The van der Waals surface area contributed by atoms with Crippen molar-refractivity contribution >= 4 is 47.2 Å². The van der Waals surface area contributed by atoms with Crippen LogP contribution in [0.4, 0.5) is 0 Å². The van der Waals surface area contributed by atoms with Crippen molar-refractivity contribution in [2.24, 2.45) is 4.99 Å². The molecule has 164 valence electrons. The number of halogens is 1. The van der Waals surface area contributed by atoms with E-state index in [1.54, 1.807) is 7.05 Å². The van der Waals surface area contributed by atoms with Gasteiger partial charge in [0, 0.05) is 37.1 Å². The summed E-state index contributed by atoms with van der Waals surface area (Å²) in [6.45, 7) is 4.55. The van der Waals surface area contributed by atoms with Crippen LogP contribution in [-0.4, -0.2) is 56.5 Å². The van der Waals surface area contributed by atoms with Crippen LogP contribution in [-0.2, 0) is 0 Å². The molecule has 0 radical (unpaired) electrons. The molecule has 0 bridgehead atoms. The second-order valence-corrected chi connectivity index (χ2v) is 8.11. The summed E-state index contributed by atoms with van der Waals surface area (Å²) in [7, 11) is 1.79. The SMILES string of the molecule is CN=C(NCCCNC(=O)c1ccccc1)NCC(c1cccs1)N1CCCC1.I. The molecule has 2 heterocycles. The average molecular weight is 542 g/mol. The van der Waals surface area contributed by atoms with E-state index < -0.39 is 0 Å². The topological polar surface area (TPSA) is 68.8 Å². The van der Waals surface area contributed by atoms with Crippen LogP contribution in [0.1, 0.15) is 40.5 Å². The Kier molecular flexibility index (Phi) is 11.2. The highest BCUT2D eigenvalue weighted by atomic mass is 127. The normalized spacial score (nSPS) is 15.3. The molecule has 1 unspecified atom stereocenters. The molecule has 30 heavy (non-hydrogen) atoms. The van der Waals surface area contributed by atoms with Gasteiger partial charge in [-0.15, -0.1) is 35.3 Å². The standard InChI is InChI=1S/C22H31N5OS.HI/c1-23-22(25-13-8-12-24-21(28)18-9-3-2-4-10-18)26-17-19(20-11-7-16-29-20)27-14-5-6-15-27;/h2-4,7,9-11,16,19H,5-6,8,12-15,17H2,1H3,(H,24,28)(H2,23,25,26);1H. The fourth-order valence-corrected chi connectivity index (χ4v) is 4.41. The first-order valence-electron chi connectivity index (χ1n) is 10.3. The highest BCUT2D eigenvalue weighted by Gasteiger charge is 2.24.